The molecule has 0 aliphatic carbocycles. The summed E-state index contributed by atoms with van der Waals surface area (Å²) >= 11 is 12.2. The van der Waals surface area contributed by atoms with Crippen LogP contribution in [0.1, 0.15) is 25.5 Å². The van der Waals surface area contributed by atoms with Gasteiger partial charge in [0.05, 0.1) is 0 Å². The largest absolute Gasteiger partial charge is 0.329 e. The van der Waals surface area contributed by atoms with Crippen molar-refractivity contribution in [3.05, 3.63) is 33.8 Å². The van der Waals surface area contributed by atoms with E-state index >= 15 is 0 Å². The molecule has 0 bridgehead atoms. The minimum absolute atomic E-state index is 0.195. The zero-order valence-electron chi connectivity index (χ0n) is 12.1. The molecule has 1 aromatic rings. The first-order chi connectivity index (χ1) is 9.51. The van der Waals surface area contributed by atoms with Crippen LogP contribution in [0.4, 0.5) is 0 Å². The van der Waals surface area contributed by atoms with E-state index in [1.165, 1.54) is 0 Å². The minimum Gasteiger partial charge on any atom is -0.329 e. The maximum Gasteiger partial charge on any atom is 0.0472 e. The molecular weight excluding hydrogens is 293 g/mol. The van der Waals surface area contributed by atoms with E-state index in [4.69, 9.17) is 28.9 Å². The molecule has 1 fully saturated rings. The second-order valence-electron chi connectivity index (χ2n) is 5.62. The highest BCUT2D eigenvalue weighted by molar-refractivity contribution is 6.34. The summed E-state index contributed by atoms with van der Waals surface area (Å²) in [5.74, 6) is 0. The van der Waals surface area contributed by atoms with Gasteiger partial charge in [0.1, 0.15) is 0 Å². The van der Waals surface area contributed by atoms with E-state index in [1.807, 2.05) is 12.1 Å². The molecule has 0 aromatic heterocycles. The number of halogens is 2. The lowest BCUT2D eigenvalue weighted by molar-refractivity contribution is 0.0802. The summed E-state index contributed by atoms with van der Waals surface area (Å²) in [4.78, 5) is 4.93. The Morgan fingerprint density at radius 2 is 1.50 bits per heavy atom. The minimum atomic E-state index is 0.195. The van der Waals surface area contributed by atoms with E-state index in [9.17, 15) is 0 Å². The molecule has 1 saturated heterocycles. The van der Waals surface area contributed by atoms with E-state index in [2.05, 4.69) is 23.6 Å². The predicted molar refractivity (Wildman–Crippen MR) is 86.5 cm³/mol. The number of nitrogens with two attached hydrogens (primary N) is 1. The Morgan fingerprint density at radius 1 is 1.00 bits per heavy atom. The standard InChI is InChI=1S/C15H23Cl2N3/c1-11(2)19-3-5-20(6-4-19)15(10-18)12-7-13(16)9-14(17)8-12/h7-9,11,15H,3-6,10,18H2,1-2H3. The lowest BCUT2D eigenvalue weighted by Gasteiger charge is -2.40. The van der Waals surface area contributed by atoms with Crippen LogP contribution in [0.2, 0.25) is 10.0 Å². The molecular formula is C15H23Cl2N3. The molecule has 0 amide bonds. The molecule has 0 spiro atoms. The number of nitrogens with zero attached hydrogens (tertiary/aromatic N) is 2. The third-order valence-corrected chi connectivity index (χ3v) is 4.45. The third kappa shape index (κ3) is 3.86. The van der Waals surface area contributed by atoms with Crippen molar-refractivity contribution in [2.45, 2.75) is 25.9 Å². The number of hydrogen-bond acceptors (Lipinski definition) is 3. The SMILES string of the molecule is CC(C)N1CCN(C(CN)c2cc(Cl)cc(Cl)c2)CC1. The second-order valence-corrected chi connectivity index (χ2v) is 6.49. The zero-order valence-corrected chi connectivity index (χ0v) is 13.7. The van der Waals surface area contributed by atoms with Gasteiger partial charge < -0.3 is 5.73 Å². The molecule has 2 N–H and O–H groups in total. The van der Waals surface area contributed by atoms with Gasteiger partial charge >= 0.3 is 0 Å². The Bertz CT molecular complexity index is 422. The predicted octanol–water partition coefficient (Wildman–Crippen LogP) is 3.02. The lowest BCUT2D eigenvalue weighted by atomic mass is 10.0. The Hall–Kier alpha value is -0.320. The van der Waals surface area contributed by atoms with Crippen LogP contribution in [-0.2, 0) is 0 Å². The van der Waals surface area contributed by atoms with Crippen molar-refractivity contribution >= 4 is 23.2 Å². The van der Waals surface area contributed by atoms with Crippen LogP contribution in [0, 0.1) is 0 Å². The molecule has 0 saturated carbocycles. The number of rotatable bonds is 4. The fraction of sp³-hybridized carbons (Fsp3) is 0.600. The number of hydrogen-bond donors (Lipinski definition) is 1. The van der Waals surface area contributed by atoms with Crippen LogP contribution in [-0.4, -0.2) is 48.6 Å². The summed E-state index contributed by atoms with van der Waals surface area (Å²) in [5.41, 5.74) is 7.10. The summed E-state index contributed by atoms with van der Waals surface area (Å²) in [7, 11) is 0. The van der Waals surface area contributed by atoms with Crippen molar-refractivity contribution in [2.75, 3.05) is 32.7 Å². The van der Waals surface area contributed by atoms with E-state index < -0.39 is 0 Å². The molecule has 1 aliphatic heterocycles. The van der Waals surface area contributed by atoms with Crippen molar-refractivity contribution in [1.82, 2.24) is 9.80 Å². The first-order valence-corrected chi connectivity index (χ1v) is 7.91. The smallest absolute Gasteiger partial charge is 0.0472 e. The van der Waals surface area contributed by atoms with Gasteiger partial charge in [0.25, 0.3) is 0 Å². The van der Waals surface area contributed by atoms with E-state index in [-0.39, 0.29) is 6.04 Å². The molecule has 20 heavy (non-hydrogen) atoms. The summed E-state index contributed by atoms with van der Waals surface area (Å²) < 4.78 is 0. The van der Waals surface area contributed by atoms with Gasteiger partial charge in [-0.05, 0) is 37.6 Å². The van der Waals surface area contributed by atoms with Gasteiger partial charge in [0.2, 0.25) is 0 Å². The maximum absolute atomic E-state index is 6.10. The third-order valence-electron chi connectivity index (χ3n) is 4.01. The molecule has 2 rings (SSSR count). The van der Waals surface area contributed by atoms with Gasteiger partial charge in [-0.1, -0.05) is 23.2 Å². The maximum atomic E-state index is 6.10. The highest BCUT2D eigenvalue weighted by Crippen LogP contribution is 2.27. The van der Waals surface area contributed by atoms with Crippen molar-refractivity contribution in [3.63, 3.8) is 0 Å². The lowest BCUT2D eigenvalue weighted by Crippen LogP contribution is -2.50. The molecule has 1 heterocycles. The fourth-order valence-corrected chi connectivity index (χ4v) is 3.37. The Kier molecular flexibility index (Phi) is 5.70. The van der Waals surface area contributed by atoms with Crippen molar-refractivity contribution in [1.29, 1.82) is 0 Å². The highest BCUT2D eigenvalue weighted by Gasteiger charge is 2.25. The molecule has 0 radical (unpaired) electrons. The zero-order chi connectivity index (χ0) is 14.7. The normalized spacial score (nSPS) is 19.5. The summed E-state index contributed by atoms with van der Waals surface area (Å²) in [5, 5.41) is 1.35. The van der Waals surface area contributed by atoms with Crippen LogP contribution in [0.15, 0.2) is 18.2 Å². The highest BCUT2D eigenvalue weighted by atomic mass is 35.5. The Balaban J connectivity index is 2.09. The summed E-state index contributed by atoms with van der Waals surface area (Å²) in [6.45, 7) is 9.30. The summed E-state index contributed by atoms with van der Waals surface area (Å²) in [6.07, 6.45) is 0. The Morgan fingerprint density at radius 3 is 1.95 bits per heavy atom. The van der Waals surface area contributed by atoms with Crippen molar-refractivity contribution < 1.29 is 0 Å². The molecule has 1 unspecified atom stereocenters. The molecule has 1 aromatic carbocycles. The first kappa shape index (κ1) is 16.1. The van der Waals surface area contributed by atoms with Crippen LogP contribution in [0.5, 0.6) is 0 Å². The molecule has 1 aliphatic rings. The van der Waals surface area contributed by atoms with Gasteiger partial charge in [-0.15, -0.1) is 0 Å². The average Bonchev–Trinajstić information content (AvgIpc) is 2.39. The van der Waals surface area contributed by atoms with E-state index in [0.717, 1.165) is 31.7 Å². The van der Waals surface area contributed by atoms with Gasteiger partial charge in [-0.2, -0.15) is 0 Å². The van der Waals surface area contributed by atoms with Crippen LogP contribution in [0.25, 0.3) is 0 Å². The Labute approximate surface area is 131 Å². The van der Waals surface area contributed by atoms with Crippen LogP contribution >= 0.6 is 23.2 Å². The average molecular weight is 316 g/mol. The van der Waals surface area contributed by atoms with Crippen LogP contribution in [0.3, 0.4) is 0 Å². The number of piperazine rings is 1. The molecule has 5 heteroatoms. The first-order valence-electron chi connectivity index (χ1n) is 7.15. The van der Waals surface area contributed by atoms with Crippen LogP contribution < -0.4 is 5.73 Å². The molecule has 1 atom stereocenters. The quantitative estimate of drug-likeness (QED) is 0.927. The monoisotopic (exact) mass is 315 g/mol. The van der Waals surface area contributed by atoms with Gasteiger partial charge in [-0.25, -0.2) is 0 Å². The molecule has 112 valence electrons. The number of benzene rings is 1. The van der Waals surface area contributed by atoms with E-state index in [1.54, 1.807) is 6.07 Å². The van der Waals surface area contributed by atoms with Gasteiger partial charge in [0.15, 0.2) is 0 Å². The van der Waals surface area contributed by atoms with Gasteiger partial charge in [-0.3, -0.25) is 9.80 Å². The topological polar surface area (TPSA) is 32.5 Å². The van der Waals surface area contributed by atoms with Crippen molar-refractivity contribution in [3.8, 4) is 0 Å². The summed E-state index contributed by atoms with van der Waals surface area (Å²) in [6, 6.07) is 6.51. The molecule has 3 nitrogen and oxygen atoms in total. The second kappa shape index (κ2) is 7.10. The van der Waals surface area contributed by atoms with Crippen molar-refractivity contribution in [2.24, 2.45) is 5.73 Å². The van der Waals surface area contributed by atoms with E-state index in [0.29, 0.717) is 22.6 Å². The fourth-order valence-electron chi connectivity index (χ4n) is 2.83. The van der Waals surface area contributed by atoms with Gasteiger partial charge in [0, 0.05) is 54.9 Å².